The van der Waals surface area contributed by atoms with Gasteiger partial charge in [0.2, 0.25) is 0 Å². The molecule has 0 fully saturated rings. The lowest BCUT2D eigenvalue weighted by Gasteiger charge is -2.34. The molecule has 0 spiro atoms. The van der Waals surface area contributed by atoms with Crippen molar-refractivity contribution in [2.75, 3.05) is 12.4 Å². The molecule has 0 aliphatic carbocycles. The Hall–Kier alpha value is -3.02. The summed E-state index contributed by atoms with van der Waals surface area (Å²) in [5.74, 6) is -3.68. The fraction of sp³-hybridized carbons (Fsp3) is 0.286. The van der Waals surface area contributed by atoms with Gasteiger partial charge < -0.3 is 20.5 Å². The first kappa shape index (κ1) is 31.5. The van der Waals surface area contributed by atoms with Gasteiger partial charge >= 0.3 is 30.2 Å². The third-order valence-corrected chi connectivity index (χ3v) is 6.80. The summed E-state index contributed by atoms with van der Waals surface area (Å²) in [7, 11) is 0.547. The molecule has 1 atom stereocenters. The molecule has 1 heterocycles. The first-order valence-corrected chi connectivity index (χ1v) is 11.7. The molecule has 0 saturated carbocycles. The van der Waals surface area contributed by atoms with Crippen LogP contribution in [0.3, 0.4) is 0 Å². The van der Waals surface area contributed by atoms with Crippen LogP contribution in [0.1, 0.15) is 15.9 Å². The van der Waals surface area contributed by atoms with Crippen LogP contribution in [0.4, 0.5) is 44.6 Å². The number of hydrogen-bond donors (Lipinski definition) is 3. The van der Waals surface area contributed by atoms with Crippen LogP contribution in [0.2, 0.25) is 10.0 Å². The summed E-state index contributed by atoms with van der Waals surface area (Å²) >= 11 is 11.6. The summed E-state index contributed by atoms with van der Waals surface area (Å²) in [4.78, 5) is 28.8. The third kappa shape index (κ3) is 5.46. The van der Waals surface area contributed by atoms with Gasteiger partial charge in [0.1, 0.15) is 0 Å². The Kier molecular flexibility index (Phi) is 8.21. The molecule has 1 aromatic heterocycles. The van der Waals surface area contributed by atoms with Crippen molar-refractivity contribution < 1.29 is 58.9 Å². The number of thiazole rings is 1. The number of aliphatic hydroxyl groups is 1. The van der Waals surface area contributed by atoms with E-state index < -0.39 is 73.2 Å². The molecule has 3 rings (SSSR count). The van der Waals surface area contributed by atoms with Crippen molar-refractivity contribution >= 4 is 61.8 Å². The average Bonchev–Trinajstić information content (AvgIpc) is 3.21. The van der Waals surface area contributed by atoms with E-state index in [1.165, 1.54) is 5.32 Å². The third-order valence-electron chi connectivity index (χ3n) is 5.31. The monoisotopic (exact) mass is 643 g/mol. The highest BCUT2D eigenvalue weighted by Gasteiger charge is 2.71. The number of carbonyl (C=O) groups excluding carboxylic acids is 2. The van der Waals surface area contributed by atoms with Crippen molar-refractivity contribution in [3.05, 3.63) is 57.6 Å². The molecular weight excluding hydrogens is 632 g/mol. The maximum absolute atomic E-state index is 14.3. The van der Waals surface area contributed by atoms with E-state index in [1.807, 2.05) is 0 Å². The minimum absolute atomic E-state index is 0.0199. The average molecular weight is 644 g/mol. The van der Waals surface area contributed by atoms with Crippen molar-refractivity contribution in [3.63, 3.8) is 0 Å². The second-order valence-electron chi connectivity index (χ2n) is 7.85. The van der Waals surface area contributed by atoms with E-state index in [9.17, 15) is 54.2 Å². The van der Waals surface area contributed by atoms with E-state index in [-0.39, 0.29) is 28.5 Å². The van der Waals surface area contributed by atoms with Crippen LogP contribution in [0.25, 0.3) is 10.2 Å². The minimum Gasteiger partial charge on any atom is -0.466 e. The Morgan fingerprint density at radius 1 is 0.925 bits per heavy atom. The lowest BCUT2D eigenvalue weighted by atomic mass is 9.92. The van der Waals surface area contributed by atoms with Gasteiger partial charge in [0.25, 0.3) is 11.5 Å². The number of benzene rings is 2. The molecule has 0 bridgehead atoms. The van der Waals surface area contributed by atoms with Crippen molar-refractivity contribution in [1.82, 2.24) is 10.3 Å². The number of halogens is 11. The minimum atomic E-state index is -6.23. The first-order chi connectivity index (χ1) is 18.2. The highest BCUT2D eigenvalue weighted by molar-refractivity contribution is 7.22. The van der Waals surface area contributed by atoms with Gasteiger partial charge in [0.05, 0.1) is 27.9 Å². The second-order valence-corrected chi connectivity index (χ2v) is 9.72. The van der Waals surface area contributed by atoms with Crippen LogP contribution in [-0.4, -0.2) is 53.3 Å². The predicted octanol–water partition coefficient (Wildman–Crippen LogP) is 6.19. The number of methoxy groups -OCH3 is 1. The maximum atomic E-state index is 14.3. The molecule has 0 saturated heterocycles. The zero-order valence-electron chi connectivity index (χ0n) is 19.1. The van der Waals surface area contributed by atoms with Gasteiger partial charge in [-0.1, -0.05) is 40.6 Å². The highest BCUT2D eigenvalue weighted by atomic mass is 35.5. The largest absolute Gasteiger partial charge is 0.466 e. The lowest BCUT2D eigenvalue weighted by molar-refractivity contribution is -0.376. The molecule has 2 aromatic carbocycles. The lowest BCUT2D eigenvalue weighted by Crippen LogP contribution is -2.69. The van der Waals surface area contributed by atoms with E-state index in [0.717, 1.165) is 18.2 Å². The maximum Gasteiger partial charge on any atom is 0.442 e. The van der Waals surface area contributed by atoms with Crippen LogP contribution in [-0.2, 0) is 15.1 Å². The van der Waals surface area contributed by atoms with Gasteiger partial charge in [-0.25, -0.2) is 9.78 Å². The second kappa shape index (κ2) is 10.4. The molecule has 0 aliphatic rings. The number of esters is 1. The Labute approximate surface area is 230 Å². The van der Waals surface area contributed by atoms with Crippen LogP contribution in [0, 0.1) is 0 Å². The summed E-state index contributed by atoms with van der Waals surface area (Å²) in [6.45, 7) is 0. The number of fused-ring (bicyclic) bond motifs is 1. The molecule has 1 amide bonds. The zero-order chi connectivity index (χ0) is 30.5. The number of nitrogens with one attached hydrogen (secondary N) is 2. The topological polar surface area (TPSA) is 101 Å². The fourth-order valence-electron chi connectivity index (χ4n) is 3.31. The first-order valence-electron chi connectivity index (χ1n) is 10.2. The Bertz CT molecular complexity index is 1450. The zero-order valence-corrected chi connectivity index (χ0v) is 21.5. The normalized spacial score (nSPS) is 14.5. The van der Waals surface area contributed by atoms with Crippen molar-refractivity contribution in [2.45, 2.75) is 29.8 Å². The number of amides is 1. The van der Waals surface area contributed by atoms with Gasteiger partial charge in [-0.05, 0) is 30.3 Å². The van der Waals surface area contributed by atoms with Crippen molar-refractivity contribution in [2.24, 2.45) is 0 Å². The van der Waals surface area contributed by atoms with Gasteiger partial charge in [-0.3, -0.25) is 4.79 Å². The molecule has 19 heteroatoms. The molecule has 3 N–H and O–H groups in total. The summed E-state index contributed by atoms with van der Waals surface area (Å²) in [5, 5.41) is 11.4. The molecule has 40 heavy (non-hydrogen) atoms. The van der Waals surface area contributed by atoms with Crippen LogP contribution in [0.15, 0.2) is 36.4 Å². The molecule has 0 aliphatic heterocycles. The van der Waals surface area contributed by atoms with Crippen molar-refractivity contribution in [3.8, 4) is 0 Å². The number of nitrogens with zero attached hydrogens (tertiary/aromatic N) is 1. The molecule has 0 radical (unpaired) electrons. The Morgan fingerprint density at radius 2 is 1.52 bits per heavy atom. The fourth-order valence-corrected chi connectivity index (χ4v) is 4.76. The Balaban J connectivity index is 2.12. The van der Waals surface area contributed by atoms with Gasteiger partial charge in [-0.15, -0.1) is 0 Å². The number of carbonyl (C=O) groups is 2. The van der Waals surface area contributed by atoms with Crippen LogP contribution in [0.5, 0.6) is 0 Å². The van der Waals surface area contributed by atoms with Crippen LogP contribution < -0.4 is 10.6 Å². The smallest absolute Gasteiger partial charge is 0.442 e. The summed E-state index contributed by atoms with van der Waals surface area (Å²) in [6, 6.07) is 4.10. The number of aromatic nitrogens is 1. The number of ether oxygens (including phenoxy) is 1. The standard InChI is InChI=1S/C21H12Cl2F9N3O4S/c1-39-15(37)18(21(30,31)32,34-14(36)10-4-3-9(22)7-11(10)23)35-16-33-12-5-2-8(6-13(12)40-16)17(38,19(24,25)26)20(27,28)29/h2-7,38H,1H3,(H,33,35)(H,34,36)/t18-/m1/s1. The number of anilines is 1. The summed E-state index contributed by atoms with van der Waals surface area (Å²) in [5.41, 5.74) is -12.1. The molecule has 218 valence electrons. The summed E-state index contributed by atoms with van der Waals surface area (Å²) in [6.07, 6.45) is -18.1. The van der Waals surface area contributed by atoms with Gasteiger partial charge in [-0.2, -0.15) is 39.5 Å². The van der Waals surface area contributed by atoms with E-state index in [4.69, 9.17) is 23.2 Å². The highest BCUT2D eigenvalue weighted by Crippen LogP contribution is 2.50. The van der Waals surface area contributed by atoms with Gasteiger partial charge in [0, 0.05) is 10.6 Å². The quantitative estimate of drug-likeness (QED) is 0.168. The van der Waals surface area contributed by atoms with E-state index >= 15 is 0 Å². The van der Waals surface area contributed by atoms with Crippen LogP contribution >= 0.6 is 34.5 Å². The van der Waals surface area contributed by atoms with E-state index in [1.54, 1.807) is 5.32 Å². The Morgan fingerprint density at radius 3 is 2.02 bits per heavy atom. The van der Waals surface area contributed by atoms with E-state index in [0.29, 0.717) is 13.2 Å². The van der Waals surface area contributed by atoms with Crippen molar-refractivity contribution in [1.29, 1.82) is 0 Å². The predicted molar refractivity (Wildman–Crippen MR) is 124 cm³/mol. The molecule has 0 unspecified atom stereocenters. The number of alkyl halides is 9. The SMILES string of the molecule is COC(=O)[C@@](NC(=O)c1ccc(Cl)cc1Cl)(Nc1nc2ccc(C(O)(C(F)(F)F)C(F)(F)F)cc2s1)C(F)(F)F. The molecular formula is C21H12Cl2F9N3O4S. The number of hydrogen-bond acceptors (Lipinski definition) is 7. The molecule has 7 nitrogen and oxygen atoms in total. The van der Waals surface area contributed by atoms with Gasteiger partial charge in [0.15, 0.2) is 5.13 Å². The van der Waals surface area contributed by atoms with E-state index in [2.05, 4.69) is 9.72 Å². The summed E-state index contributed by atoms with van der Waals surface area (Å²) < 4.78 is 126. The molecule has 3 aromatic rings. The number of rotatable bonds is 6.